The van der Waals surface area contributed by atoms with E-state index < -0.39 is 0 Å². The van der Waals surface area contributed by atoms with E-state index in [1.165, 1.54) is 0 Å². The third-order valence-electron chi connectivity index (χ3n) is 1.47. The van der Waals surface area contributed by atoms with Crippen LogP contribution in [0.5, 0.6) is 0 Å². The summed E-state index contributed by atoms with van der Waals surface area (Å²) in [6.45, 7) is 0. The second-order valence-corrected chi connectivity index (χ2v) is 3.09. The van der Waals surface area contributed by atoms with E-state index in [-0.39, 0.29) is 12.0 Å². The first-order valence-electron chi connectivity index (χ1n) is 2.73. The molecule has 2 atom stereocenters. The van der Waals surface area contributed by atoms with Gasteiger partial charge < -0.3 is 9.85 Å². The molecule has 0 saturated carbocycles. The molecule has 50 valence electrons. The number of carbonyl (C=O) groups excluding carboxylic acids is 1. The van der Waals surface area contributed by atoms with E-state index in [2.05, 4.69) is 10.4 Å². The van der Waals surface area contributed by atoms with Crippen LogP contribution in [0.3, 0.4) is 0 Å². The predicted octanol–water partition coefficient (Wildman–Crippen LogP) is -1.30. The normalized spacial score (nSPS) is 40.7. The van der Waals surface area contributed by atoms with Crippen LogP contribution >= 0.6 is 11.8 Å². The molecule has 2 aliphatic heterocycles. The summed E-state index contributed by atoms with van der Waals surface area (Å²) in [6.07, 6.45) is 0. The Labute approximate surface area is 56.5 Å². The van der Waals surface area contributed by atoms with E-state index in [0.717, 1.165) is 16.6 Å². The van der Waals surface area contributed by atoms with Crippen molar-refractivity contribution in [3.05, 3.63) is 5.59 Å². The second-order valence-electron chi connectivity index (χ2n) is 2.06. The Morgan fingerprint density at radius 3 is 3.56 bits per heavy atom. The molecule has 0 aromatic carbocycles. The summed E-state index contributed by atoms with van der Waals surface area (Å²) in [4.78, 5) is 15.2. The summed E-state index contributed by atoms with van der Waals surface area (Å²) < 4.78 is 0. The van der Waals surface area contributed by atoms with E-state index in [4.69, 9.17) is 0 Å². The van der Waals surface area contributed by atoms with Crippen LogP contribution in [0.15, 0.2) is 0 Å². The molecule has 2 aliphatic rings. The third kappa shape index (κ3) is 0.726. The van der Waals surface area contributed by atoms with Gasteiger partial charge in [-0.2, -0.15) is 0 Å². The first kappa shape index (κ1) is 5.52. The average Bonchev–Trinajstić information content (AvgIpc) is 2.35. The van der Waals surface area contributed by atoms with Gasteiger partial charge >= 0.3 is 5.97 Å². The highest BCUT2D eigenvalue weighted by atomic mass is 32.2. The van der Waals surface area contributed by atoms with Gasteiger partial charge in [0.1, 0.15) is 5.88 Å². The maximum atomic E-state index is 10.7. The SMILES string of the molecule is O=C1O[N-][NH+]2CSCC12. The standard InChI is InChI=1S/C4H6N2O2S/c7-4-3-1-9-2-6(3)5-8-4/h3,6H,1-2H2. The summed E-state index contributed by atoms with van der Waals surface area (Å²) in [5, 5.41) is 0.921. The molecule has 5 heteroatoms. The topological polar surface area (TPSA) is 44.8 Å². The van der Waals surface area contributed by atoms with Crippen LogP contribution < -0.4 is 5.01 Å². The molecule has 0 amide bonds. The molecule has 2 saturated heterocycles. The summed E-state index contributed by atoms with van der Waals surface area (Å²) in [7, 11) is 0. The highest BCUT2D eigenvalue weighted by molar-refractivity contribution is 7.99. The molecule has 2 heterocycles. The monoisotopic (exact) mass is 146 g/mol. The molecular formula is C4H6N2O2S. The lowest BCUT2D eigenvalue weighted by Crippen LogP contribution is -3.08. The second kappa shape index (κ2) is 1.86. The summed E-state index contributed by atoms with van der Waals surface area (Å²) >= 11 is 1.74. The van der Waals surface area contributed by atoms with Crippen LogP contribution in [0.25, 0.3) is 5.59 Å². The Hall–Kier alpha value is -0.260. The number of rotatable bonds is 0. The molecule has 2 unspecified atom stereocenters. The van der Waals surface area contributed by atoms with Crippen LogP contribution in [-0.4, -0.2) is 23.6 Å². The Morgan fingerprint density at radius 1 is 1.89 bits per heavy atom. The van der Waals surface area contributed by atoms with Crippen molar-refractivity contribution < 1.29 is 14.6 Å². The van der Waals surface area contributed by atoms with Gasteiger partial charge in [-0.15, -0.1) is 0 Å². The molecule has 9 heavy (non-hydrogen) atoms. The Balaban J connectivity index is 2.15. The van der Waals surface area contributed by atoms with E-state index in [0.29, 0.717) is 0 Å². The van der Waals surface area contributed by atoms with E-state index in [1.54, 1.807) is 11.8 Å². The number of fused-ring (bicyclic) bond motifs is 1. The highest BCUT2D eigenvalue weighted by Gasteiger charge is 2.36. The van der Waals surface area contributed by atoms with Crippen molar-refractivity contribution in [1.29, 1.82) is 0 Å². The summed E-state index contributed by atoms with van der Waals surface area (Å²) in [5.74, 6) is 1.56. The fourth-order valence-electron chi connectivity index (χ4n) is 0.939. The molecule has 0 aromatic rings. The van der Waals surface area contributed by atoms with Gasteiger partial charge in [-0.3, -0.25) is 5.59 Å². The number of hydrogen-bond acceptors (Lipinski definition) is 3. The first-order chi connectivity index (χ1) is 4.38. The number of carbonyl (C=O) groups is 1. The maximum Gasteiger partial charge on any atom is 0.354 e. The zero-order valence-corrected chi connectivity index (χ0v) is 5.48. The Bertz CT molecular complexity index is 152. The number of nitrogens with one attached hydrogen (secondary N) is 1. The van der Waals surface area contributed by atoms with E-state index in [1.807, 2.05) is 0 Å². The van der Waals surface area contributed by atoms with Crippen LogP contribution in [0.2, 0.25) is 0 Å². The maximum absolute atomic E-state index is 10.7. The fraction of sp³-hybridized carbons (Fsp3) is 0.750. The lowest BCUT2D eigenvalue weighted by molar-refractivity contribution is -0.859. The van der Waals surface area contributed by atoms with E-state index in [9.17, 15) is 4.79 Å². The van der Waals surface area contributed by atoms with Gasteiger partial charge in [0.15, 0.2) is 6.04 Å². The largest absolute Gasteiger partial charge is 0.509 e. The van der Waals surface area contributed by atoms with Gasteiger partial charge in [-0.1, -0.05) is 11.8 Å². The summed E-state index contributed by atoms with van der Waals surface area (Å²) in [6, 6.07) is -0.00463. The van der Waals surface area contributed by atoms with Crippen molar-refractivity contribution in [3.63, 3.8) is 0 Å². The minimum Gasteiger partial charge on any atom is -0.509 e. The van der Waals surface area contributed by atoms with Gasteiger partial charge in [0.2, 0.25) is 0 Å². The quantitative estimate of drug-likeness (QED) is 0.462. The predicted molar refractivity (Wildman–Crippen MR) is 31.5 cm³/mol. The molecule has 1 N–H and O–H groups in total. The van der Waals surface area contributed by atoms with Crippen LogP contribution in [0.4, 0.5) is 0 Å². The van der Waals surface area contributed by atoms with Gasteiger partial charge in [0, 0.05) is 0 Å². The van der Waals surface area contributed by atoms with Crippen molar-refractivity contribution in [2.24, 2.45) is 0 Å². The van der Waals surface area contributed by atoms with Crippen LogP contribution in [0.1, 0.15) is 0 Å². The molecule has 0 aromatic heterocycles. The average molecular weight is 146 g/mol. The highest BCUT2D eigenvalue weighted by Crippen LogP contribution is 2.12. The van der Waals surface area contributed by atoms with Gasteiger partial charge in [0.05, 0.1) is 5.75 Å². The van der Waals surface area contributed by atoms with Crippen molar-refractivity contribution in [2.45, 2.75) is 6.04 Å². The minimum atomic E-state index is -0.171. The minimum absolute atomic E-state index is 0.00463. The van der Waals surface area contributed by atoms with Gasteiger partial charge in [-0.25, -0.2) is 4.79 Å². The summed E-state index contributed by atoms with van der Waals surface area (Å²) in [5.41, 5.74) is 3.62. The smallest absolute Gasteiger partial charge is 0.354 e. The molecule has 0 radical (unpaired) electrons. The van der Waals surface area contributed by atoms with Crippen molar-refractivity contribution >= 4 is 17.7 Å². The lowest BCUT2D eigenvalue weighted by Gasteiger charge is -2.15. The van der Waals surface area contributed by atoms with E-state index >= 15 is 0 Å². The van der Waals surface area contributed by atoms with Gasteiger partial charge in [0.25, 0.3) is 0 Å². The molecule has 2 fully saturated rings. The van der Waals surface area contributed by atoms with Crippen LogP contribution in [0, 0.1) is 0 Å². The number of thioether (sulfide) groups is 1. The third-order valence-corrected chi connectivity index (χ3v) is 2.54. The lowest BCUT2D eigenvalue weighted by atomic mass is 10.3. The Morgan fingerprint density at radius 2 is 2.78 bits per heavy atom. The zero-order chi connectivity index (χ0) is 6.27. The van der Waals surface area contributed by atoms with Gasteiger partial charge in [-0.05, 0) is 0 Å². The number of nitrogens with zero attached hydrogens (tertiary/aromatic N) is 1. The zero-order valence-electron chi connectivity index (χ0n) is 4.66. The van der Waals surface area contributed by atoms with Crippen molar-refractivity contribution in [2.75, 3.05) is 11.6 Å². The molecule has 2 rings (SSSR count). The number of quaternary nitrogens is 1. The Kier molecular flexibility index (Phi) is 1.14. The molecule has 0 spiro atoms. The van der Waals surface area contributed by atoms with Crippen LogP contribution in [-0.2, 0) is 9.63 Å². The molecule has 0 bridgehead atoms. The first-order valence-corrected chi connectivity index (χ1v) is 3.89. The molecule has 4 nitrogen and oxygen atoms in total. The molecular weight excluding hydrogens is 140 g/mol. The fourth-order valence-corrected chi connectivity index (χ4v) is 2.08. The van der Waals surface area contributed by atoms with Crippen molar-refractivity contribution in [1.82, 2.24) is 0 Å². The number of hydrogen-bond donors (Lipinski definition) is 1. The van der Waals surface area contributed by atoms with Crippen molar-refractivity contribution in [3.8, 4) is 0 Å². The molecule has 0 aliphatic carbocycles.